The highest BCUT2D eigenvalue weighted by Gasteiger charge is 2.39. The summed E-state index contributed by atoms with van der Waals surface area (Å²) in [6, 6.07) is 2.40. The van der Waals surface area contributed by atoms with Crippen molar-refractivity contribution in [2.24, 2.45) is 0 Å². The van der Waals surface area contributed by atoms with Crippen LogP contribution in [-0.2, 0) is 9.97 Å². The number of hydrogen-bond acceptors (Lipinski definition) is 3. The first kappa shape index (κ1) is 18.4. The summed E-state index contributed by atoms with van der Waals surface area (Å²) in [5.74, 6) is -0.207. The molecule has 0 aliphatic rings. The molecular formula is C13H7Cl4F3N2O. The lowest BCUT2D eigenvalue weighted by Crippen LogP contribution is -2.13. The van der Waals surface area contributed by atoms with Gasteiger partial charge in [0.1, 0.15) is 0 Å². The van der Waals surface area contributed by atoms with Crippen LogP contribution in [0.3, 0.4) is 0 Å². The van der Waals surface area contributed by atoms with Gasteiger partial charge in [0.2, 0.25) is 9.67 Å². The Labute approximate surface area is 149 Å². The van der Waals surface area contributed by atoms with Crippen LogP contribution in [0.1, 0.15) is 11.3 Å². The van der Waals surface area contributed by atoms with Gasteiger partial charge in [-0.15, -0.1) is 0 Å². The van der Waals surface area contributed by atoms with Crippen molar-refractivity contribution in [3.8, 4) is 17.0 Å². The van der Waals surface area contributed by atoms with Gasteiger partial charge in [0.25, 0.3) is 0 Å². The average Bonchev–Trinajstić information content (AvgIpc) is 2.44. The van der Waals surface area contributed by atoms with Gasteiger partial charge in [-0.1, -0.05) is 46.4 Å². The Kier molecular flexibility index (Phi) is 5.21. The van der Waals surface area contributed by atoms with Crippen molar-refractivity contribution in [2.45, 2.75) is 9.97 Å². The standard InChI is InChI=1S/C13H7Cl4F3N2O/c1-23-9-3-2-6(11(22-9)13(18,19)20)10-7(12(15,16)17)4-21-5-8(10)14/h2-5H,1H3. The Hall–Kier alpha value is -0.950. The smallest absolute Gasteiger partial charge is 0.434 e. The van der Waals surface area contributed by atoms with Crippen molar-refractivity contribution < 1.29 is 17.9 Å². The van der Waals surface area contributed by atoms with Crippen molar-refractivity contribution in [2.75, 3.05) is 7.11 Å². The van der Waals surface area contributed by atoms with Crippen molar-refractivity contribution in [1.82, 2.24) is 9.97 Å². The third-order valence-electron chi connectivity index (χ3n) is 2.82. The first-order valence-corrected chi connectivity index (χ1v) is 7.40. The van der Waals surface area contributed by atoms with Crippen LogP contribution in [0, 0.1) is 0 Å². The molecule has 0 aromatic carbocycles. The molecule has 3 nitrogen and oxygen atoms in total. The van der Waals surface area contributed by atoms with E-state index in [2.05, 4.69) is 9.97 Å². The summed E-state index contributed by atoms with van der Waals surface area (Å²) in [6.45, 7) is 0. The number of nitrogens with zero attached hydrogens (tertiary/aromatic N) is 2. The molecule has 10 heteroatoms. The Bertz CT molecular complexity index is 732. The minimum atomic E-state index is -4.76. The first-order chi connectivity index (χ1) is 10.6. The average molecular weight is 406 g/mol. The predicted molar refractivity (Wildman–Crippen MR) is 83.3 cm³/mol. The molecule has 23 heavy (non-hydrogen) atoms. The van der Waals surface area contributed by atoms with Gasteiger partial charge < -0.3 is 4.74 Å². The van der Waals surface area contributed by atoms with E-state index in [4.69, 9.17) is 51.1 Å². The topological polar surface area (TPSA) is 35.0 Å². The van der Waals surface area contributed by atoms with Crippen molar-refractivity contribution >= 4 is 46.4 Å². The van der Waals surface area contributed by atoms with Crippen LogP contribution in [0.2, 0.25) is 5.02 Å². The second-order valence-electron chi connectivity index (χ2n) is 4.29. The van der Waals surface area contributed by atoms with Crippen LogP contribution in [0.4, 0.5) is 13.2 Å². The van der Waals surface area contributed by atoms with Gasteiger partial charge in [-0.25, -0.2) is 4.98 Å². The Balaban J connectivity index is 2.83. The summed E-state index contributed by atoms with van der Waals surface area (Å²) in [6.07, 6.45) is -2.47. The molecule has 0 aliphatic heterocycles. The zero-order valence-corrected chi connectivity index (χ0v) is 14.3. The molecule has 2 rings (SSSR count). The summed E-state index contributed by atoms with van der Waals surface area (Å²) in [5, 5.41) is -0.105. The molecule has 0 unspecified atom stereocenters. The number of hydrogen-bond donors (Lipinski definition) is 0. The second-order valence-corrected chi connectivity index (χ2v) is 6.98. The number of halogens is 7. The summed E-state index contributed by atoms with van der Waals surface area (Å²) in [4.78, 5) is 7.20. The van der Waals surface area contributed by atoms with Crippen molar-refractivity contribution in [3.63, 3.8) is 0 Å². The molecule has 0 aliphatic carbocycles. The third kappa shape index (κ3) is 3.94. The molecule has 0 N–H and O–H groups in total. The van der Waals surface area contributed by atoms with Crippen LogP contribution in [0.5, 0.6) is 5.88 Å². The molecule has 0 spiro atoms. The quantitative estimate of drug-likeness (QED) is 0.605. The van der Waals surface area contributed by atoms with Crippen LogP contribution in [0.25, 0.3) is 11.1 Å². The fourth-order valence-electron chi connectivity index (χ4n) is 1.90. The van der Waals surface area contributed by atoms with Gasteiger partial charge in [0.05, 0.1) is 12.1 Å². The Morgan fingerprint density at radius 3 is 2.26 bits per heavy atom. The Morgan fingerprint density at radius 1 is 1.09 bits per heavy atom. The predicted octanol–water partition coefficient (Wildman–Crippen LogP) is 5.65. The van der Waals surface area contributed by atoms with E-state index in [0.717, 1.165) is 18.5 Å². The van der Waals surface area contributed by atoms with Crippen LogP contribution in [-0.4, -0.2) is 17.1 Å². The van der Waals surface area contributed by atoms with Gasteiger partial charge in [-0.05, 0) is 6.07 Å². The fourth-order valence-corrected chi connectivity index (χ4v) is 2.59. The summed E-state index contributed by atoms with van der Waals surface area (Å²) < 4.78 is 42.7. The van der Waals surface area contributed by atoms with Gasteiger partial charge in [0.15, 0.2) is 5.69 Å². The Morgan fingerprint density at radius 2 is 1.74 bits per heavy atom. The van der Waals surface area contributed by atoms with E-state index < -0.39 is 15.7 Å². The molecule has 2 heterocycles. The monoisotopic (exact) mass is 404 g/mol. The van der Waals surface area contributed by atoms with E-state index in [1.807, 2.05) is 0 Å². The molecule has 124 valence electrons. The molecule has 0 bridgehead atoms. The largest absolute Gasteiger partial charge is 0.481 e. The lowest BCUT2D eigenvalue weighted by atomic mass is 10.0. The lowest BCUT2D eigenvalue weighted by Gasteiger charge is -2.20. The van der Waals surface area contributed by atoms with Crippen LogP contribution < -0.4 is 4.74 Å². The molecule has 0 saturated carbocycles. The maximum absolute atomic E-state index is 13.3. The van der Waals surface area contributed by atoms with E-state index in [-0.39, 0.29) is 27.6 Å². The molecule has 0 amide bonds. The van der Waals surface area contributed by atoms with Gasteiger partial charge in [0, 0.05) is 35.2 Å². The van der Waals surface area contributed by atoms with Crippen LogP contribution >= 0.6 is 46.4 Å². The van der Waals surface area contributed by atoms with E-state index in [9.17, 15) is 13.2 Å². The van der Waals surface area contributed by atoms with Crippen molar-refractivity contribution in [3.05, 3.63) is 40.8 Å². The molecular weight excluding hydrogens is 399 g/mol. The minimum Gasteiger partial charge on any atom is -0.481 e. The zero-order chi connectivity index (χ0) is 17.4. The number of aromatic nitrogens is 2. The number of ether oxygens (including phenoxy) is 1. The van der Waals surface area contributed by atoms with E-state index in [1.54, 1.807) is 0 Å². The highest BCUT2D eigenvalue weighted by molar-refractivity contribution is 6.67. The molecule has 2 aromatic rings. The zero-order valence-electron chi connectivity index (χ0n) is 11.3. The number of rotatable bonds is 2. The molecule has 0 fully saturated rings. The van der Waals surface area contributed by atoms with Gasteiger partial charge >= 0.3 is 6.18 Å². The third-order valence-corrected chi connectivity index (χ3v) is 3.72. The van der Waals surface area contributed by atoms with Crippen LogP contribution in [0.15, 0.2) is 24.5 Å². The molecule has 2 aromatic heterocycles. The number of methoxy groups -OCH3 is 1. The second kappa shape index (κ2) is 6.51. The van der Waals surface area contributed by atoms with E-state index in [1.165, 1.54) is 13.2 Å². The molecule has 0 atom stereocenters. The van der Waals surface area contributed by atoms with Crippen molar-refractivity contribution in [1.29, 1.82) is 0 Å². The van der Waals surface area contributed by atoms with E-state index in [0.29, 0.717) is 0 Å². The summed E-state index contributed by atoms with van der Waals surface area (Å²) in [5.41, 5.74) is -1.75. The minimum absolute atomic E-state index is 0.0903. The highest BCUT2D eigenvalue weighted by atomic mass is 35.6. The fraction of sp³-hybridized carbons (Fsp3) is 0.231. The van der Waals surface area contributed by atoms with E-state index >= 15 is 0 Å². The maximum atomic E-state index is 13.3. The summed E-state index contributed by atoms with van der Waals surface area (Å²) in [7, 11) is 1.20. The SMILES string of the molecule is COc1ccc(-c2c(Cl)cncc2C(Cl)(Cl)Cl)c(C(F)(F)F)n1. The number of alkyl halides is 6. The maximum Gasteiger partial charge on any atom is 0.434 e. The van der Waals surface area contributed by atoms with Gasteiger partial charge in [-0.2, -0.15) is 13.2 Å². The molecule has 0 saturated heterocycles. The summed E-state index contributed by atoms with van der Waals surface area (Å²) >= 11 is 23.5. The van der Waals surface area contributed by atoms with Gasteiger partial charge in [-0.3, -0.25) is 4.98 Å². The highest BCUT2D eigenvalue weighted by Crippen LogP contribution is 2.47. The normalized spacial score (nSPS) is 12.3. The lowest BCUT2D eigenvalue weighted by molar-refractivity contribution is -0.140. The number of pyridine rings is 2. The molecule has 0 radical (unpaired) electrons. The first-order valence-electron chi connectivity index (χ1n) is 5.89.